The molecule has 0 rings (SSSR count). The molecule has 0 saturated heterocycles. The van der Waals surface area contributed by atoms with Crippen LogP contribution in [-0.4, -0.2) is 56.8 Å². The summed E-state index contributed by atoms with van der Waals surface area (Å²) in [6, 6.07) is 0. The second kappa shape index (κ2) is 6.87. The molecule has 0 atom stereocenters. The van der Waals surface area contributed by atoms with E-state index in [1.807, 2.05) is 21.1 Å². The normalized spacial score (nSPS) is 12.2. The number of hydrogen-bond donors (Lipinski definition) is 0. The van der Waals surface area contributed by atoms with Crippen LogP contribution < -0.4 is 0 Å². The molecule has 19 heavy (non-hydrogen) atoms. The molecule has 6 nitrogen and oxygen atoms in total. The van der Waals surface area contributed by atoms with E-state index in [0.717, 1.165) is 0 Å². The molecule has 0 spiro atoms. The average Bonchev–Trinajstić information content (AvgIpc) is 2.10. The number of esters is 1. The van der Waals surface area contributed by atoms with Crippen molar-refractivity contribution in [2.75, 3.05) is 27.9 Å². The van der Waals surface area contributed by atoms with Gasteiger partial charge in [-0.3, -0.25) is 4.48 Å². The summed E-state index contributed by atoms with van der Waals surface area (Å²) >= 11 is 0. The summed E-state index contributed by atoms with van der Waals surface area (Å²) in [5.74, 6) is -0.321. The number of rotatable bonds is 3. The van der Waals surface area contributed by atoms with Crippen molar-refractivity contribution in [1.29, 1.82) is 0 Å². The van der Waals surface area contributed by atoms with Crippen molar-refractivity contribution in [2.24, 2.45) is 0 Å². The zero-order valence-electron chi connectivity index (χ0n) is 10.9. The molecule has 0 saturated carbocycles. The Morgan fingerprint density at radius 1 is 1.32 bits per heavy atom. The molecule has 114 valence electrons. The van der Waals surface area contributed by atoms with E-state index < -0.39 is 15.6 Å². The number of hydrogen-bond acceptors (Lipinski definition) is 5. The van der Waals surface area contributed by atoms with Crippen LogP contribution in [0.3, 0.4) is 0 Å². The van der Waals surface area contributed by atoms with Gasteiger partial charge in [0.2, 0.25) is 6.73 Å². The van der Waals surface area contributed by atoms with Gasteiger partial charge in [-0.25, -0.2) is 13.2 Å². The van der Waals surface area contributed by atoms with Crippen LogP contribution in [0.1, 0.15) is 6.92 Å². The predicted molar refractivity (Wildman–Crippen MR) is 59.6 cm³/mol. The summed E-state index contributed by atoms with van der Waals surface area (Å²) in [7, 11) is -0.240. The first-order valence-electron chi connectivity index (χ1n) is 4.73. The Morgan fingerprint density at radius 2 is 1.63 bits per heavy atom. The molecule has 0 aromatic rings. The number of nitrogens with zero attached hydrogens (tertiary/aromatic N) is 1. The van der Waals surface area contributed by atoms with Crippen molar-refractivity contribution in [2.45, 2.75) is 12.4 Å². The SMILES string of the molecule is C=C(C)C(=O)OC[N+](C)(C)C.O=S(=O)([O-])C(F)(F)F. The first-order valence-corrected chi connectivity index (χ1v) is 6.14. The molecule has 0 aromatic carbocycles. The zero-order chi connectivity index (χ0) is 16.1. The summed E-state index contributed by atoms with van der Waals surface area (Å²) < 4.78 is 64.4. The van der Waals surface area contributed by atoms with Gasteiger partial charge in [0.25, 0.3) is 0 Å². The molecule has 0 aromatic heterocycles. The van der Waals surface area contributed by atoms with Crippen LogP contribution in [-0.2, 0) is 19.6 Å². The lowest BCUT2D eigenvalue weighted by Crippen LogP contribution is -2.37. The van der Waals surface area contributed by atoms with E-state index in [9.17, 15) is 18.0 Å². The number of halogens is 3. The number of alkyl halides is 3. The van der Waals surface area contributed by atoms with Crippen LogP contribution in [0.4, 0.5) is 13.2 Å². The Hall–Kier alpha value is -1.13. The van der Waals surface area contributed by atoms with Gasteiger partial charge in [0.15, 0.2) is 10.1 Å². The van der Waals surface area contributed by atoms with E-state index in [1.165, 1.54) is 0 Å². The summed E-state index contributed by atoms with van der Waals surface area (Å²) in [6.45, 7) is 5.49. The highest BCUT2D eigenvalue weighted by Crippen LogP contribution is 2.20. The van der Waals surface area contributed by atoms with Gasteiger partial charge < -0.3 is 9.29 Å². The van der Waals surface area contributed by atoms with E-state index in [-0.39, 0.29) is 5.97 Å². The molecule has 10 heteroatoms. The summed E-state index contributed by atoms with van der Waals surface area (Å²) in [4.78, 5) is 10.9. The van der Waals surface area contributed by atoms with Crippen LogP contribution in [0.25, 0.3) is 0 Å². The molecule has 0 aliphatic carbocycles. The quantitative estimate of drug-likeness (QED) is 0.192. The van der Waals surface area contributed by atoms with Gasteiger partial charge in [-0.05, 0) is 6.92 Å². The van der Waals surface area contributed by atoms with Crippen molar-refractivity contribution >= 4 is 16.1 Å². The lowest BCUT2D eigenvalue weighted by molar-refractivity contribution is -0.888. The molecule has 0 heterocycles. The minimum absolute atomic E-state index is 0.321. The molecular formula is C9H16F3NO5S. The summed E-state index contributed by atoms with van der Waals surface area (Å²) in [5.41, 5.74) is -5.20. The fourth-order valence-corrected chi connectivity index (χ4v) is 0.375. The molecule has 0 bridgehead atoms. The fourth-order valence-electron chi connectivity index (χ4n) is 0.375. The highest BCUT2D eigenvalue weighted by molar-refractivity contribution is 7.86. The first-order chi connectivity index (χ1) is 8.08. The minimum Gasteiger partial charge on any atom is -0.741 e. The van der Waals surface area contributed by atoms with Crippen LogP contribution in [0.2, 0.25) is 0 Å². The van der Waals surface area contributed by atoms with Crippen molar-refractivity contribution in [3.8, 4) is 0 Å². The van der Waals surface area contributed by atoms with Gasteiger partial charge in [-0.1, -0.05) is 6.58 Å². The Morgan fingerprint density at radius 3 is 1.79 bits per heavy atom. The van der Waals surface area contributed by atoms with Gasteiger partial charge in [0, 0.05) is 5.57 Å². The average molecular weight is 307 g/mol. The van der Waals surface area contributed by atoms with E-state index >= 15 is 0 Å². The van der Waals surface area contributed by atoms with E-state index in [1.54, 1.807) is 6.92 Å². The number of carbonyl (C=O) groups is 1. The highest BCUT2D eigenvalue weighted by Gasteiger charge is 2.36. The maximum Gasteiger partial charge on any atom is 0.485 e. The van der Waals surface area contributed by atoms with Crippen LogP contribution in [0.5, 0.6) is 0 Å². The minimum atomic E-state index is -6.09. The van der Waals surface area contributed by atoms with Crippen molar-refractivity contribution in [3.63, 3.8) is 0 Å². The van der Waals surface area contributed by atoms with Crippen molar-refractivity contribution < 1.29 is 40.2 Å². The third-order valence-electron chi connectivity index (χ3n) is 1.21. The smallest absolute Gasteiger partial charge is 0.485 e. The molecule has 0 unspecified atom stereocenters. The van der Waals surface area contributed by atoms with Gasteiger partial charge in [0.1, 0.15) is 0 Å². The molecule has 0 fully saturated rings. The molecule has 0 N–H and O–H groups in total. The molecule has 0 aliphatic rings. The van der Waals surface area contributed by atoms with E-state index in [0.29, 0.717) is 16.8 Å². The lowest BCUT2D eigenvalue weighted by Gasteiger charge is -2.22. The van der Waals surface area contributed by atoms with Crippen molar-refractivity contribution in [1.82, 2.24) is 0 Å². The van der Waals surface area contributed by atoms with Crippen LogP contribution in [0.15, 0.2) is 12.2 Å². The number of carbonyl (C=O) groups excluding carboxylic acids is 1. The lowest BCUT2D eigenvalue weighted by atomic mass is 10.4. The maximum atomic E-state index is 10.9. The standard InChI is InChI=1S/C8H16NO2.CHF3O3S/c1-7(2)8(10)11-6-9(3,4)5;2-1(3,4)8(5,6)7/h1,6H2,2-5H3;(H,5,6,7)/q+1;/p-1. The van der Waals surface area contributed by atoms with Gasteiger partial charge >= 0.3 is 11.5 Å². The van der Waals surface area contributed by atoms with E-state index in [2.05, 4.69) is 6.58 Å². The van der Waals surface area contributed by atoms with Crippen LogP contribution >= 0.6 is 0 Å². The van der Waals surface area contributed by atoms with Crippen LogP contribution in [0, 0.1) is 0 Å². The highest BCUT2D eigenvalue weighted by atomic mass is 32.2. The monoisotopic (exact) mass is 307 g/mol. The molecular weight excluding hydrogens is 291 g/mol. The van der Waals surface area contributed by atoms with E-state index in [4.69, 9.17) is 17.7 Å². The largest absolute Gasteiger partial charge is 0.741 e. The molecule has 0 aliphatic heterocycles. The first kappa shape index (κ1) is 20.2. The van der Waals surface area contributed by atoms with Crippen molar-refractivity contribution in [3.05, 3.63) is 12.2 Å². The number of quaternary nitrogens is 1. The summed E-state index contributed by atoms with van der Waals surface area (Å²) in [5, 5.41) is 0. The van der Waals surface area contributed by atoms with Gasteiger partial charge in [-0.15, -0.1) is 0 Å². The Labute approximate surface area is 109 Å². The second-order valence-electron chi connectivity index (χ2n) is 4.53. The number of ether oxygens (including phenoxy) is 1. The third-order valence-corrected chi connectivity index (χ3v) is 1.78. The van der Waals surface area contributed by atoms with Gasteiger partial charge in [0.05, 0.1) is 21.1 Å². The fraction of sp³-hybridized carbons (Fsp3) is 0.667. The predicted octanol–water partition coefficient (Wildman–Crippen LogP) is 0.821. The topological polar surface area (TPSA) is 83.5 Å². The molecule has 0 amide bonds. The summed E-state index contributed by atoms with van der Waals surface area (Å²) in [6.07, 6.45) is 0. The zero-order valence-corrected chi connectivity index (χ0v) is 11.8. The third kappa shape index (κ3) is 11.7. The Balaban J connectivity index is 0. The van der Waals surface area contributed by atoms with Gasteiger partial charge in [-0.2, -0.15) is 13.2 Å². The Bertz CT molecular complexity index is 422. The second-order valence-corrected chi connectivity index (χ2v) is 5.90. The maximum absolute atomic E-state index is 10.9. The Kier molecular flexibility index (Phi) is 7.30. The molecule has 0 radical (unpaired) electrons.